The van der Waals surface area contributed by atoms with E-state index in [2.05, 4.69) is 0 Å². The van der Waals surface area contributed by atoms with Gasteiger partial charge in [-0.25, -0.2) is 17.5 Å². The summed E-state index contributed by atoms with van der Waals surface area (Å²) in [4.78, 5) is 38.0. The van der Waals surface area contributed by atoms with Crippen molar-refractivity contribution in [1.82, 2.24) is 9.21 Å². The summed E-state index contributed by atoms with van der Waals surface area (Å²) in [5.41, 5.74) is 0.120. The van der Waals surface area contributed by atoms with Gasteiger partial charge in [-0.2, -0.15) is 0 Å². The zero-order valence-electron chi connectivity index (χ0n) is 14.6. The molecule has 3 heterocycles. The number of carbonyl (C=O) groups excluding carboxylic acids is 3. The Hall–Kier alpha value is -2.07. The fraction of sp³-hybridized carbons (Fsp3) is 0.471. The van der Waals surface area contributed by atoms with Crippen LogP contribution in [0.2, 0.25) is 0 Å². The second-order valence-corrected chi connectivity index (χ2v) is 10.1. The van der Waals surface area contributed by atoms with E-state index in [1.165, 1.54) is 12.1 Å². The highest BCUT2D eigenvalue weighted by Gasteiger charge is 2.53. The number of sulfonamides is 1. The van der Waals surface area contributed by atoms with Crippen LogP contribution in [0.1, 0.15) is 30.1 Å². The molecule has 0 saturated carbocycles. The van der Waals surface area contributed by atoms with Crippen molar-refractivity contribution in [3.8, 4) is 0 Å². The number of thioether (sulfide) groups is 1. The monoisotopic (exact) mass is 410 g/mol. The molecule has 2 amide bonds. The predicted octanol–water partition coefficient (Wildman–Crippen LogP) is 0.828. The highest BCUT2D eigenvalue weighted by molar-refractivity contribution is 8.01. The van der Waals surface area contributed by atoms with Crippen molar-refractivity contribution in [2.75, 3.05) is 18.9 Å². The van der Waals surface area contributed by atoms with Gasteiger partial charge in [0, 0.05) is 12.2 Å². The summed E-state index contributed by atoms with van der Waals surface area (Å²) in [7, 11) is -3.92. The average Bonchev–Trinajstić information content (AvgIpc) is 3.19. The Morgan fingerprint density at radius 1 is 1.33 bits per heavy atom. The van der Waals surface area contributed by atoms with Crippen LogP contribution in [0.5, 0.6) is 0 Å². The van der Waals surface area contributed by atoms with Crippen molar-refractivity contribution < 1.29 is 27.5 Å². The molecule has 0 bridgehead atoms. The van der Waals surface area contributed by atoms with Gasteiger partial charge in [-0.1, -0.05) is 12.1 Å². The minimum absolute atomic E-state index is 0.0352. The maximum absolute atomic E-state index is 12.5. The Morgan fingerprint density at radius 2 is 2.07 bits per heavy atom. The fourth-order valence-corrected chi connectivity index (χ4v) is 6.74. The molecule has 8 nitrogen and oxygen atoms in total. The lowest BCUT2D eigenvalue weighted by molar-refractivity contribution is -0.153. The van der Waals surface area contributed by atoms with Gasteiger partial charge in [0.15, 0.2) is 0 Å². The second-order valence-electron chi connectivity index (χ2n) is 6.81. The number of fused-ring (bicyclic) bond motifs is 2. The molecule has 2 atom stereocenters. The molecule has 27 heavy (non-hydrogen) atoms. The van der Waals surface area contributed by atoms with Gasteiger partial charge < -0.3 is 9.64 Å². The SMILES string of the molecule is C[C@]12CCC(=O)N1[C@H](C(=O)OCCN1C(=O)c3ccccc3S1(=O)=O)CS2. The Morgan fingerprint density at radius 3 is 2.81 bits per heavy atom. The van der Waals surface area contributed by atoms with Crippen LogP contribution >= 0.6 is 11.8 Å². The van der Waals surface area contributed by atoms with Gasteiger partial charge in [-0.15, -0.1) is 11.8 Å². The highest BCUT2D eigenvalue weighted by Crippen LogP contribution is 2.47. The molecule has 144 valence electrons. The number of benzene rings is 1. The Labute approximate surface area is 160 Å². The molecular formula is C17H18N2O6S2. The lowest BCUT2D eigenvalue weighted by Crippen LogP contribution is -2.47. The van der Waals surface area contributed by atoms with Crippen LogP contribution in [0.25, 0.3) is 0 Å². The molecule has 2 fully saturated rings. The van der Waals surface area contributed by atoms with E-state index in [4.69, 9.17) is 4.74 Å². The summed E-state index contributed by atoms with van der Waals surface area (Å²) in [5, 5.41) is 0. The third-order valence-corrected chi connectivity index (χ3v) is 8.51. The first-order chi connectivity index (χ1) is 12.8. The zero-order valence-corrected chi connectivity index (χ0v) is 16.2. The van der Waals surface area contributed by atoms with E-state index in [1.54, 1.807) is 28.8 Å². The van der Waals surface area contributed by atoms with Crippen molar-refractivity contribution in [3.63, 3.8) is 0 Å². The number of hydrogen-bond acceptors (Lipinski definition) is 7. The maximum atomic E-state index is 12.5. The van der Waals surface area contributed by atoms with E-state index >= 15 is 0 Å². The Balaban J connectivity index is 1.40. The molecule has 1 aromatic rings. The van der Waals surface area contributed by atoms with Gasteiger partial charge in [0.2, 0.25) is 5.91 Å². The van der Waals surface area contributed by atoms with E-state index in [0.29, 0.717) is 18.6 Å². The molecule has 2 saturated heterocycles. The third kappa shape index (κ3) is 2.73. The number of amides is 2. The zero-order chi connectivity index (χ0) is 19.4. The summed E-state index contributed by atoms with van der Waals surface area (Å²) in [5.74, 6) is -0.811. The van der Waals surface area contributed by atoms with Crippen LogP contribution in [-0.2, 0) is 24.3 Å². The van der Waals surface area contributed by atoms with Gasteiger partial charge in [-0.05, 0) is 25.5 Å². The Bertz CT molecular complexity index is 946. The molecule has 4 rings (SSSR count). The standard InChI is InChI=1S/C17H18N2O6S2/c1-17-7-6-14(20)19(17)12(10-26-17)16(22)25-9-8-18-15(21)11-4-2-3-5-13(11)27(18,23)24/h2-5,12H,6-10H2,1H3/t12-,17-/m0/s1. The molecule has 0 N–H and O–H groups in total. The molecule has 0 radical (unpaired) electrons. The van der Waals surface area contributed by atoms with Crippen LogP contribution < -0.4 is 0 Å². The smallest absolute Gasteiger partial charge is 0.329 e. The summed E-state index contributed by atoms with van der Waals surface area (Å²) in [6.07, 6.45) is 1.10. The van der Waals surface area contributed by atoms with Crippen molar-refractivity contribution in [1.29, 1.82) is 0 Å². The quantitative estimate of drug-likeness (QED) is 0.678. The highest BCUT2D eigenvalue weighted by atomic mass is 32.2. The van der Waals surface area contributed by atoms with Gasteiger partial charge in [-0.3, -0.25) is 9.59 Å². The first-order valence-corrected chi connectivity index (χ1v) is 11.0. The molecular weight excluding hydrogens is 392 g/mol. The molecule has 1 aromatic carbocycles. The van der Waals surface area contributed by atoms with Crippen LogP contribution in [0.3, 0.4) is 0 Å². The van der Waals surface area contributed by atoms with E-state index in [-0.39, 0.29) is 34.4 Å². The van der Waals surface area contributed by atoms with Crippen LogP contribution in [0.4, 0.5) is 0 Å². The lowest BCUT2D eigenvalue weighted by Gasteiger charge is -2.29. The van der Waals surface area contributed by atoms with Crippen LogP contribution in [-0.4, -0.2) is 65.2 Å². The molecule has 0 aromatic heterocycles. The lowest BCUT2D eigenvalue weighted by atomic mass is 10.2. The van der Waals surface area contributed by atoms with Crippen molar-refractivity contribution >= 4 is 39.6 Å². The van der Waals surface area contributed by atoms with Gasteiger partial charge in [0.1, 0.15) is 17.5 Å². The number of esters is 1. The summed E-state index contributed by atoms with van der Waals surface area (Å²) < 4.78 is 30.9. The van der Waals surface area contributed by atoms with E-state index in [9.17, 15) is 22.8 Å². The van der Waals surface area contributed by atoms with Gasteiger partial charge in [0.05, 0.1) is 17.0 Å². The topological polar surface area (TPSA) is 101 Å². The first kappa shape index (κ1) is 18.3. The second kappa shape index (κ2) is 6.23. The summed E-state index contributed by atoms with van der Waals surface area (Å²) >= 11 is 1.55. The molecule has 0 aliphatic carbocycles. The number of hydrogen-bond donors (Lipinski definition) is 0. The fourth-order valence-electron chi connectivity index (χ4n) is 3.77. The number of carbonyl (C=O) groups is 3. The third-order valence-electron chi connectivity index (χ3n) is 5.17. The van der Waals surface area contributed by atoms with E-state index in [1.807, 2.05) is 6.92 Å². The number of rotatable bonds is 4. The predicted molar refractivity (Wildman–Crippen MR) is 96.4 cm³/mol. The largest absolute Gasteiger partial charge is 0.462 e. The van der Waals surface area contributed by atoms with Crippen molar-refractivity contribution in [2.45, 2.75) is 35.6 Å². The van der Waals surface area contributed by atoms with Gasteiger partial charge in [0.25, 0.3) is 15.9 Å². The Kier molecular flexibility index (Phi) is 4.22. The first-order valence-electron chi connectivity index (χ1n) is 8.54. The van der Waals surface area contributed by atoms with Crippen molar-refractivity contribution in [2.24, 2.45) is 0 Å². The van der Waals surface area contributed by atoms with E-state index < -0.39 is 27.9 Å². The van der Waals surface area contributed by atoms with Gasteiger partial charge >= 0.3 is 5.97 Å². The summed E-state index contributed by atoms with van der Waals surface area (Å²) in [6.45, 7) is 1.42. The molecule has 3 aliphatic rings. The normalized spacial score (nSPS) is 28.4. The molecule has 10 heteroatoms. The van der Waals surface area contributed by atoms with E-state index in [0.717, 1.165) is 4.31 Å². The van der Waals surface area contributed by atoms with Crippen LogP contribution in [0, 0.1) is 0 Å². The summed E-state index contributed by atoms with van der Waals surface area (Å²) in [6, 6.07) is 5.31. The number of ether oxygens (including phenoxy) is 1. The van der Waals surface area contributed by atoms with Crippen molar-refractivity contribution in [3.05, 3.63) is 29.8 Å². The average molecular weight is 410 g/mol. The van der Waals surface area contributed by atoms with Crippen LogP contribution in [0.15, 0.2) is 29.2 Å². The molecule has 0 spiro atoms. The number of nitrogens with zero attached hydrogens (tertiary/aromatic N) is 2. The maximum Gasteiger partial charge on any atom is 0.329 e. The molecule has 0 unspecified atom stereocenters. The minimum atomic E-state index is -3.92. The molecule has 3 aliphatic heterocycles. The minimum Gasteiger partial charge on any atom is -0.462 e.